The average Bonchev–Trinajstić information content (AvgIpc) is 2.38. The van der Waals surface area contributed by atoms with E-state index >= 15 is 0 Å². The smallest absolute Gasteiger partial charge is 0.166 e. The highest BCUT2D eigenvalue weighted by atomic mass is 79.9. The Morgan fingerprint density at radius 3 is 2.68 bits per heavy atom. The van der Waals surface area contributed by atoms with Crippen molar-refractivity contribution in [3.8, 4) is 11.5 Å². The van der Waals surface area contributed by atoms with Crippen molar-refractivity contribution in [2.75, 3.05) is 6.54 Å². The summed E-state index contributed by atoms with van der Waals surface area (Å²) in [4.78, 5) is 0. The topological polar surface area (TPSA) is 35.2 Å². The second kappa shape index (κ2) is 6.12. The lowest BCUT2D eigenvalue weighted by Crippen LogP contribution is -2.05. The van der Waals surface area contributed by atoms with Gasteiger partial charge in [-0.15, -0.1) is 0 Å². The van der Waals surface area contributed by atoms with E-state index in [4.69, 9.17) is 10.5 Å². The maximum atomic E-state index is 13.8. The first-order chi connectivity index (χ1) is 9.11. The summed E-state index contributed by atoms with van der Waals surface area (Å²) in [7, 11) is 0. The molecule has 0 amide bonds. The van der Waals surface area contributed by atoms with Crippen molar-refractivity contribution in [1.29, 1.82) is 0 Å². The molecule has 5 heteroatoms. The predicted octanol–water partition coefficient (Wildman–Crippen LogP) is 4.02. The molecule has 0 spiro atoms. The zero-order chi connectivity index (χ0) is 13.8. The molecule has 2 aromatic carbocycles. The molecule has 0 unspecified atom stereocenters. The lowest BCUT2D eigenvalue weighted by Gasteiger charge is -2.12. The highest BCUT2D eigenvalue weighted by molar-refractivity contribution is 9.10. The molecule has 0 bridgehead atoms. The van der Waals surface area contributed by atoms with E-state index in [-0.39, 0.29) is 11.5 Å². The lowest BCUT2D eigenvalue weighted by atomic mass is 10.1. The third-order valence-corrected chi connectivity index (χ3v) is 3.22. The second-order valence-corrected chi connectivity index (χ2v) is 4.80. The Hall–Kier alpha value is -1.46. The van der Waals surface area contributed by atoms with E-state index in [1.807, 2.05) is 0 Å². The zero-order valence-corrected chi connectivity index (χ0v) is 11.6. The van der Waals surface area contributed by atoms with Gasteiger partial charge in [0.25, 0.3) is 0 Å². The molecule has 0 aliphatic rings. The molecule has 2 aromatic rings. The normalized spacial score (nSPS) is 10.5. The van der Waals surface area contributed by atoms with Gasteiger partial charge in [-0.3, -0.25) is 0 Å². The highest BCUT2D eigenvalue weighted by Gasteiger charge is 2.12. The maximum Gasteiger partial charge on any atom is 0.166 e. The summed E-state index contributed by atoms with van der Waals surface area (Å²) in [6.45, 7) is 0.379. The van der Waals surface area contributed by atoms with Crippen LogP contribution in [0.4, 0.5) is 8.78 Å². The zero-order valence-electron chi connectivity index (χ0n) is 10.00. The van der Waals surface area contributed by atoms with Crippen LogP contribution >= 0.6 is 15.9 Å². The number of hydrogen-bond acceptors (Lipinski definition) is 2. The van der Waals surface area contributed by atoms with Crippen LogP contribution in [0.2, 0.25) is 0 Å². The van der Waals surface area contributed by atoms with Gasteiger partial charge in [-0.05, 0) is 52.7 Å². The Bertz CT molecular complexity index is 590. The molecule has 2 rings (SSSR count). The first kappa shape index (κ1) is 14.0. The molecule has 0 atom stereocenters. The van der Waals surface area contributed by atoms with Gasteiger partial charge in [0.05, 0.1) is 4.47 Å². The first-order valence-corrected chi connectivity index (χ1v) is 6.51. The number of para-hydroxylation sites is 1. The van der Waals surface area contributed by atoms with Crippen molar-refractivity contribution in [3.05, 3.63) is 58.1 Å². The van der Waals surface area contributed by atoms with Gasteiger partial charge < -0.3 is 10.5 Å². The molecule has 2 nitrogen and oxygen atoms in total. The molecular formula is C14H12BrF2NO. The minimum Gasteiger partial charge on any atom is -0.453 e. The van der Waals surface area contributed by atoms with Gasteiger partial charge in [0.2, 0.25) is 0 Å². The Morgan fingerprint density at radius 1 is 1.16 bits per heavy atom. The number of benzene rings is 2. The van der Waals surface area contributed by atoms with E-state index in [0.29, 0.717) is 23.0 Å². The van der Waals surface area contributed by atoms with E-state index in [2.05, 4.69) is 15.9 Å². The highest BCUT2D eigenvalue weighted by Crippen LogP contribution is 2.33. The molecule has 0 heterocycles. The number of ether oxygens (including phenoxy) is 1. The van der Waals surface area contributed by atoms with Crippen LogP contribution < -0.4 is 10.5 Å². The second-order valence-electron chi connectivity index (χ2n) is 3.94. The van der Waals surface area contributed by atoms with E-state index < -0.39 is 11.6 Å². The number of nitrogens with two attached hydrogens (primary N) is 1. The van der Waals surface area contributed by atoms with Crippen LogP contribution in [0.1, 0.15) is 5.56 Å². The fraction of sp³-hybridized carbons (Fsp3) is 0.143. The minimum atomic E-state index is -0.498. The quantitative estimate of drug-likeness (QED) is 0.920. The van der Waals surface area contributed by atoms with Crippen molar-refractivity contribution >= 4 is 15.9 Å². The summed E-state index contributed by atoms with van der Waals surface area (Å²) in [5.74, 6) is -0.639. The van der Waals surface area contributed by atoms with Crippen LogP contribution in [0.3, 0.4) is 0 Å². The number of hydrogen-bond donors (Lipinski definition) is 1. The summed E-state index contributed by atoms with van der Waals surface area (Å²) < 4.78 is 33.0. The van der Waals surface area contributed by atoms with E-state index in [9.17, 15) is 8.78 Å². The minimum absolute atomic E-state index is 0.0826. The van der Waals surface area contributed by atoms with Gasteiger partial charge in [0.15, 0.2) is 11.6 Å². The standard InChI is InChI=1S/C14H12BrF2NO/c15-11-5-4-10(16)8-13(11)19-14-9(6-7-18)2-1-3-12(14)17/h1-5,8H,6-7,18H2. The average molecular weight is 328 g/mol. The number of rotatable bonds is 4. The first-order valence-electron chi connectivity index (χ1n) is 5.72. The summed E-state index contributed by atoms with van der Waals surface area (Å²) in [6.07, 6.45) is 0.486. The molecule has 100 valence electrons. The van der Waals surface area contributed by atoms with Crippen molar-refractivity contribution in [2.24, 2.45) is 5.73 Å². The van der Waals surface area contributed by atoms with Gasteiger partial charge in [-0.2, -0.15) is 0 Å². The van der Waals surface area contributed by atoms with E-state index in [0.717, 1.165) is 0 Å². The molecule has 0 aliphatic carbocycles. The third kappa shape index (κ3) is 3.30. The van der Waals surface area contributed by atoms with E-state index in [1.54, 1.807) is 12.1 Å². The number of halogens is 3. The van der Waals surface area contributed by atoms with E-state index in [1.165, 1.54) is 24.3 Å². The van der Waals surface area contributed by atoms with Crippen LogP contribution in [0.15, 0.2) is 40.9 Å². The van der Waals surface area contributed by atoms with Gasteiger partial charge in [-0.1, -0.05) is 12.1 Å². The third-order valence-electron chi connectivity index (χ3n) is 2.57. The van der Waals surface area contributed by atoms with Crippen LogP contribution in [-0.2, 0) is 6.42 Å². The van der Waals surface area contributed by atoms with Crippen LogP contribution in [0.25, 0.3) is 0 Å². The summed E-state index contributed by atoms with van der Waals surface area (Å²) in [6, 6.07) is 8.62. The van der Waals surface area contributed by atoms with Crippen LogP contribution in [0.5, 0.6) is 11.5 Å². The van der Waals surface area contributed by atoms with Crippen molar-refractivity contribution in [2.45, 2.75) is 6.42 Å². The fourth-order valence-corrected chi connectivity index (χ4v) is 2.01. The van der Waals surface area contributed by atoms with Crippen LogP contribution in [-0.4, -0.2) is 6.54 Å². The summed E-state index contributed by atoms with van der Waals surface area (Å²) in [5, 5.41) is 0. The Morgan fingerprint density at radius 2 is 1.95 bits per heavy atom. The van der Waals surface area contributed by atoms with Crippen molar-refractivity contribution < 1.29 is 13.5 Å². The molecular weight excluding hydrogens is 316 g/mol. The monoisotopic (exact) mass is 327 g/mol. The molecule has 0 fully saturated rings. The largest absolute Gasteiger partial charge is 0.453 e. The van der Waals surface area contributed by atoms with Gasteiger partial charge in [-0.25, -0.2) is 8.78 Å². The molecule has 2 N–H and O–H groups in total. The lowest BCUT2D eigenvalue weighted by molar-refractivity contribution is 0.430. The SMILES string of the molecule is NCCc1cccc(F)c1Oc1cc(F)ccc1Br. The maximum absolute atomic E-state index is 13.8. The Labute approximate surface area is 118 Å². The van der Waals surface area contributed by atoms with Crippen LogP contribution in [0, 0.1) is 11.6 Å². The molecule has 19 heavy (non-hydrogen) atoms. The van der Waals surface area contributed by atoms with Gasteiger partial charge in [0.1, 0.15) is 11.6 Å². The van der Waals surface area contributed by atoms with Crippen molar-refractivity contribution in [3.63, 3.8) is 0 Å². The molecule has 0 aliphatic heterocycles. The van der Waals surface area contributed by atoms with Gasteiger partial charge >= 0.3 is 0 Å². The Kier molecular flexibility index (Phi) is 4.50. The molecule has 0 saturated carbocycles. The Balaban J connectivity index is 2.39. The summed E-state index contributed by atoms with van der Waals surface area (Å²) >= 11 is 3.24. The fourth-order valence-electron chi connectivity index (χ4n) is 1.69. The predicted molar refractivity (Wildman–Crippen MR) is 73.3 cm³/mol. The molecule has 0 aromatic heterocycles. The molecule has 0 saturated heterocycles. The summed E-state index contributed by atoms with van der Waals surface area (Å²) in [5.41, 5.74) is 6.13. The van der Waals surface area contributed by atoms with Crippen molar-refractivity contribution in [1.82, 2.24) is 0 Å². The van der Waals surface area contributed by atoms with Gasteiger partial charge in [0, 0.05) is 6.07 Å². The molecule has 0 radical (unpaired) electrons.